The molecule has 0 radical (unpaired) electrons. The molecule has 1 N–H and O–H groups in total. The first-order chi connectivity index (χ1) is 11.1. The Morgan fingerprint density at radius 1 is 0.957 bits per heavy atom. The number of likely N-dealkylation sites (N-methyl/N-ethyl adjacent to an activating group) is 1. The zero-order chi connectivity index (χ0) is 16.2. The Morgan fingerprint density at radius 3 is 2.35 bits per heavy atom. The maximum Gasteiger partial charge on any atom is 0.255 e. The minimum Gasteiger partial charge on any atom is -0.367 e. The molecule has 1 amide bonds. The first kappa shape index (κ1) is 15.6. The van der Waals surface area contributed by atoms with Gasteiger partial charge in [0, 0.05) is 31.7 Å². The average molecular weight is 309 g/mol. The van der Waals surface area contributed by atoms with E-state index in [-0.39, 0.29) is 5.91 Å². The van der Waals surface area contributed by atoms with Gasteiger partial charge in [-0.25, -0.2) is 0 Å². The number of nitrogens with one attached hydrogen (secondary N) is 1. The number of nitrogens with zero attached hydrogens (tertiary/aromatic N) is 2. The van der Waals surface area contributed by atoms with E-state index in [0.717, 1.165) is 48.7 Å². The highest BCUT2D eigenvalue weighted by atomic mass is 16.1. The third-order valence-electron chi connectivity index (χ3n) is 4.39. The Labute approximate surface area is 137 Å². The van der Waals surface area contributed by atoms with Crippen LogP contribution in [-0.4, -0.2) is 44.0 Å². The molecule has 4 heteroatoms. The largest absolute Gasteiger partial charge is 0.367 e. The fourth-order valence-corrected chi connectivity index (χ4v) is 2.92. The van der Waals surface area contributed by atoms with E-state index in [1.807, 2.05) is 49.4 Å². The van der Waals surface area contributed by atoms with Crippen LogP contribution in [-0.2, 0) is 0 Å². The highest BCUT2D eigenvalue weighted by Gasteiger charge is 2.18. The van der Waals surface area contributed by atoms with Crippen molar-refractivity contribution in [2.24, 2.45) is 0 Å². The molecule has 0 unspecified atom stereocenters. The summed E-state index contributed by atoms with van der Waals surface area (Å²) >= 11 is 0. The molecule has 0 saturated carbocycles. The van der Waals surface area contributed by atoms with Gasteiger partial charge in [-0.15, -0.1) is 0 Å². The number of para-hydroxylation sites is 2. The van der Waals surface area contributed by atoms with Crippen LogP contribution in [0.4, 0.5) is 11.4 Å². The first-order valence-corrected chi connectivity index (χ1v) is 8.04. The average Bonchev–Trinajstić information content (AvgIpc) is 2.56. The summed E-state index contributed by atoms with van der Waals surface area (Å²) in [7, 11) is 2.14. The van der Waals surface area contributed by atoms with E-state index in [0.29, 0.717) is 0 Å². The van der Waals surface area contributed by atoms with E-state index in [2.05, 4.69) is 28.2 Å². The second-order valence-corrected chi connectivity index (χ2v) is 6.08. The molecule has 1 fully saturated rings. The predicted octanol–water partition coefficient (Wildman–Crippen LogP) is 3.00. The highest BCUT2D eigenvalue weighted by Crippen LogP contribution is 2.27. The smallest absolute Gasteiger partial charge is 0.255 e. The van der Waals surface area contributed by atoms with Crippen molar-refractivity contribution in [1.82, 2.24) is 4.90 Å². The van der Waals surface area contributed by atoms with Gasteiger partial charge in [-0.05, 0) is 37.7 Å². The summed E-state index contributed by atoms with van der Waals surface area (Å²) < 4.78 is 0. The molecule has 2 aromatic rings. The molecule has 0 aromatic heterocycles. The number of piperazine rings is 1. The molecule has 1 heterocycles. The number of anilines is 2. The summed E-state index contributed by atoms with van der Waals surface area (Å²) in [4.78, 5) is 17.2. The van der Waals surface area contributed by atoms with Crippen molar-refractivity contribution in [2.45, 2.75) is 6.92 Å². The lowest BCUT2D eigenvalue weighted by molar-refractivity contribution is 0.102. The standard InChI is InChI=1S/C19H23N3O/c1-15-7-3-4-8-16(15)19(23)20-17-9-5-6-10-18(17)22-13-11-21(2)12-14-22/h3-10H,11-14H2,1-2H3,(H,20,23). The van der Waals surface area contributed by atoms with Crippen LogP contribution in [0.15, 0.2) is 48.5 Å². The number of benzene rings is 2. The minimum absolute atomic E-state index is 0.0512. The van der Waals surface area contributed by atoms with E-state index in [1.165, 1.54) is 0 Å². The van der Waals surface area contributed by atoms with E-state index in [1.54, 1.807) is 0 Å². The molecular formula is C19H23N3O. The number of hydrogen-bond acceptors (Lipinski definition) is 3. The van der Waals surface area contributed by atoms with Crippen LogP contribution >= 0.6 is 0 Å². The number of aryl methyl sites for hydroxylation is 1. The lowest BCUT2D eigenvalue weighted by Crippen LogP contribution is -2.44. The summed E-state index contributed by atoms with van der Waals surface area (Å²) in [6.07, 6.45) is 0. The van der Waals surface area contributed by atoms with Gasteiger partial charge in [0.25, 0.3) is 5.91 Å². The fourth-order valence-electron chi connectivity index (χ4n) is 2.92. The van der Waals surface area contributed by atoms with Gasteiger partial charge in [-0.2, -0.15) is 0 Å². The lowest BCUT2D eigenvalue weighted by Gasteiger charge is -2.35. The maximum absolute atomic E-state index is 12.6. The van der Waals surface area contributed by atoms with Gasteiger partial charge in [0.05, 0.1) is 11.4 Å². The van der Waals surface area contributed by atoms with E-state index in [9.17, 15) is 4.79 Å². The molecule has 0 spiro atoms. The van der Waals surface area contributed by atoms with Crippen molar-refractivity contribution < 1.29 is 4.79 Å². The number of rotatable bonds is 3. The number of amides is 1. The Kier molecular flexibility index (Phi) is 4.63. The molecule has 1 aliphatic heterocycles. The predicted molar refractivity (Wildman–Crippen MR) is 95.3 cm³/mol. The van der Waals surface area contributed by atoms with E-state index in [4.69, 9.17) is 0 Å². The van der Waals surface area contributed by atoms with Crippen LogP contribution in [0.25, 0.3) is 0 Å². The van der Waals surface area contributed by atoms with Crippen LogP contribution < -0.4 is 10.2 Å². The van der Waals surface area contributed by atoms with Gasteiger partial charge < -0.3 is 15.1 Å². The number of carbonyl (C=O) groups is 1. The van der Waals surface area contributed by atoms with Crippen LogP contribution in [0.1, 0.15) is 15.9 Å². The van der Waals surface area contributed by atoms with E-state index >= 15 is 0 Å². The minimum atomic E-state index is -0.0512. The Balaban J connectivity index is 1.81. The van der Waals surface area contributed by atoms with Crippen LogP contribution in [0.3, 0.4) is 0 Å². The monoisotopic (exact) mass is 309 g/mol. The third-order valence-corrected chi connectivity index (χ3v) is 4.39. The Morgan fingerprint density at radius 2 is 1.61 bits per heavy atom. The Bertz CT molecular complexity index is 691. The number of carbonyl (C=O) groups excluding carboxylic acids is 1. The van der Waals surface area contributed by atoms with Crippen LogP contribution in [0, 0.1) is 6.92 Å². The second kappa shape index (κ2) is 6.84. The molecule has 0 aliphatic carbocycles. The molecule has 1 saturated heterocycles. The molecule has 4 nitrogen and oxygen atoms in total. The van der Waals surface area contributed by atoms with Crippen molar-refractivity contribution in [3.63, 3.8) is 0 Å². The molecule has 0 atom stereocenters. The molecule has 0 bridgehead atoms. The number of hydrogen-bond donors (Lipinski definition) is 1. The van der Waals surface area contributed by atoms with Gasteiger partial charge in [0.15, 0.2) is 0 Å². The summed E-state index contributed by atoms with van der Waals surface area (Å²) in [5.74, 6) is -0.0512. The third kappa shape index (κ3) is 3.54. The van der Waals surface area contributed by atoms with Crippen molar-refractivity contribution in [2.75, 3.05) is 43.4 Å². The second-order valence-electron chi connectivity index (χ2n) is 6.08. The Hall–Kier alpha value is -2.33. The van der Waals surface area contributed by atoms with Gasteiger partial charge in [-0.1, -0.05) is 30.3 Å². The zero-order valence-corrected chi connectivity index (χ0v) is 13.7. The fraction of sp³-hybridized carbons (Fsp3) is 0.316. The first-order valence-electron chi connectivity index (χ1n) is 8.04. The van der Waals surface area contributed by atoms with Gasteiger partial charge in [-0.3, -0.25) is 4.79 Å². The SMILES string of the molecule is Cc1ccccc1C(=O)Nc1ccccc1N1CCN(C)CC1. The summed E-state index contributed by atoms with van der Waals surface area (Å²) in [5, 5.41) is 3.08. The topological polar surface area (TPSA) is 35.6 Å². The zero-order valence-electron chi connectivity index (χ0n) is 13.7. The van der Waals surface area contributed by atoms with Crippen LogP contribution in [0.5, 0.6) is 0 Å². The lowest BCUT2D eigenvalue weighted by atomic mass is 10.1. The summed E-state index contributed by atoms with van der Waals surface area (Å²) in [6, 6.07) is 15.7. The van der Waals surface area contributed by atoms with Gasteiger partial charge in [0.1, 0.15) is 0 Å². The molecule has 3 rings (SSSR count). The molecule has 23 heavy (non-hydrogen) atoms. The molecule has 2 aromatic carbocycles. The van der Waals surface area contributed by atoms with Crippen LogP contribution in [0.2, 0.25) is 0 Å². The van der Waals surface area contributed by atoms with Crippen molar-refractivity contribution in [3.8, 4) is 0 Å². The maximum atomic E-state index is 12.6. The normalized spacial score (nSPS) is 15.5. The highest BCUT2D eigenvalue weighted by molar-refractivity contribution is 6.06. The van der Waals surface area contributed by atoms with Gasteiger partial charge >= 0.3 is 0 Å². The van der Waals surface area contributed by atoms with Crippen molar-refractivity contribution in [3.05, 3.63) is 59.7 Å². The molecular weight excluding hydrogens is 286 g/mol. The molecule has 120 valence electrons. The molecule has 1 aliphatic rings. The van der Waals surface area contributed by atoms with Crippen molar-refractivity contribution >= 4 is 17.3 Å². The quantitative estimate of drug-likeness (QED) is 0.947. The summed E-state index contributed by atoms with van der Waals surface area (Å²) in [6.45, 7) is 6.00. The van der Waals surface area contributed by atoms with Crippen molar-refractivity contribution in [1.29, 1.82) is 0 Å². The van der Waals surface area contributed by atoms with E-state index < -0.39 is 0 Å². The summed E-state index contributed by atoms with van der Waals surface area (Å²) in [5.41, 5.74) is 3.69. The van der Waals surface area contributed by atoms with Gasteiger partial charge in [0.2, 0.25) is 0 Å².